The van der Waals surface area contributed by atoms with Crippen LogP contribution >= 0.6 is 0 Å². The topological polar surface area (TPSA) is 165 Å². The van der Waals surface area contributed by atoms with Crippen LogP contribution in [0.3, 0.4) is 0 Å². The van der Waals surface area contributed by atoms with Crippen LogP contribution in [0.1, 0.15) is 16.3 Å². The quantitative estimate of drug-likeness (QED) is 0.434. The molecule has 0 aliphatic rings. The van der Waals surface area contributed by atoms with Crippen molar-refractivity contribution in [2.24, 2.45) is 7.05 Å². The van der Waals surface area contributed by atoms with Crippen molar-refractivity contribution in [3.05, 3.63) is 33.9 Å². The molecule has 0 fully saturated rings. The van der Waals surface area contributed by atoms with Gasteiger partial charge in [0.2, 0.25) is 11.9 Å². The highest BCUT2D eigenvalue weighted by atomic mass is 16.6. The third-order valence-electron chi connectivity index (χ3n) is 2.46. The Morgan fingerprint density at radius 1 is 1.38 bits per heavy atom. The molecule has 11 nitrogen and oxygen atoms in total. The number of nitrogens with two attached hydrogens (primary N) is 2. The number of nitrogen functional groups attached to an aromatic ring is 2. The fourth-order valence-corrected chi connectivity index (χ4v) is 1.58. The average Bonchev–Trinajstić information content (AvgIpc) is 2.77. The van der Waals surface area contributed by atoms with Crippen molar-refractivity contribution < 1.29 is 14.5 Å². The van der Waals surface area contributed by atoms with E-state index in [1.807, 2.05) is 0 Å². The Labute approximate surface area is 117 Å². The number of nitrogens with zero attached hydrogens (tertiary/aromatic N) is 5. The highest BCUT2D eigenvalue weighted by Gasteiger charge is 2.19. The number of hydrogen-bond acceptors (Lipinski definition) is 9. The molecule has 11 heteroatoms. The van der Waals surface area contributed by atoms with E-state index in [0.29, 0.717) is 0 Å². The van der Waals surface area contributed by atoms with Gasteiger partial charge in [0.15, 0.2) is 12.4 Å². The monoisotopic (exact) mass is 293 g/mol. The van der Waals surface area contributed by atoms with Crippen LogP contribution < -0.4 is 11.5 Å². The molecule has 0 amide bonds. The number of esters is 1. The van der Waals surface area contributed by atoms with Gasteiger partial charge in [0.1, 0.15) is 5.69 Å². The van der Waals surface area contributed by atoms with E-state index in [-0.39, 0.29) is 35.7 Å². The van der Waals surface area contributed by atoms with Gasteiger partial charge in [-0.3, -0.25) is 10.1 Å². The lowest BCUT2D eigenvalue weighted by molar-refractivity contribution is -0.384. The zero-order chi connectivity index (χ0) is 15.6. The number of ether oxygens (including phenoxy) is 1. The summed E-state index contributed by atoms with van der Waals surface area (Å²) in [4.78, 5) is 32.9. The molecule has 2 aromatic rings. The van der Waals surface area contributed by atoms with Crippen molar-refractivity contribution >= 4 is 23.6 Å². The molecule has 0 unspecified atom stereocenters. The Kier molecular flexibility index (Phi) is 3.65. The Morgan fingerprint density at radius 3 is 2.52 bits per heavy atom. The number of hydrogen-bond donors (Lipinski definition) is 2. The first-order valence-corrected chi connectivity index (χ1v) is 5.60. The van der Waals surface area contributed by atoms with E-state index in [9.17, 15) is 14.9 Å². The summed E-state index contributed by atoms with van der Waals surface area (Å²) in [5.41, 5.74) is 10.6. The molecule has 0 saturated carbocycles. The van der Waals surface area contributed by atoms with Crippen molar-refractivity contribution in [1.29, 1.82) is 0 Å². The largest absolute Gasteiger partial charge is 0.453 e. The molecular weight excluding hydrogens is 282 g/mol. The first-order chi connectivity index (χ1) is 9.86. The van der Waals surface area contributed by atoms with E-state index < -0.39 is 10.9 Å². The van der Waals surface area contributed by atoms with Gasteiger partial charge < -0.3 is 20.8 Å². The van der Waals surface area contributed by atoms with Gasteiger partial charge in [-0.1, -0.05) is 0 Å². The van der Waals surface area contributed by atoms with Crippen molar-refractivity contribution in [2.75, 3.05) is 11.5 Å². The van der Waals surface area contributed by atoms with E-state index in [2.05, 4.69) is 15.0 Å². The van der Waals surface area contributed by atoms with Crippen molar-refractivity contribution in [3.63, 3.8) is 0 Å². The number of carbonyl (C=O) groups is 1. The third-order valence-corrected chi connectivity index (χ3v) is 2.46. The predicted molar refractivity (Wildman–Crippen MR) is 69.8 cm³/mol. The predicted octanol–water partition coefficient (Wildman–Crippen LogP) is -0.360. The second-order valence-electron chi connectivity index (χ2n) is 4.00. The summed E-state index contributed by atoms with van der Waals surface area (Å²) in [6.07, 6.45) is 1.20. The van der Waals surface area contributed by atoms with Crippen LogP contribution in [0.15, 0.2) is 12.3 Å². The highest BCUT2D eigenvalue weighted by Crippen LogP contribution is 2.16. The van der Waals surface area contributed by atoms with Crippen molar-refractivity contribution in [2.45, 2.75) is 6.61 Å². The minimum absolute atomic E-state index is 0.0247. The summed E-state index contributed by atoms with van der Waals surface area (Å²) in [6, 6.07) is 1.11. The lowest BCUT2D eigenvalue weighted by atomic mass is 10.4. The lowest BCUT2D eigenvalue weighted by Gasteiger charge is -2.05. The van der Waals surface area contributed by atoms with Crippen molar-refractivity contribution in [3.8, 4) is 0 Å². The smallest absolute Gasteiger partial charge is 0.355 e. The summed E-state index contributed by atoms with van der Waals surface area (Å²) in [7, 11) is 1.49. The molecule has 0 aromatic carbocycles. The van der Waals surface area contributed by atoms with Crippen LogP contribution in [-0.4, -0.2) is 30.4 Å². The van der Waals surface area contributed by atoms with E-state index in [4.69, 9.17) is 16.2 Å². The van der Waals surface area contributed by atoms with Gasteiger partial charge in [-0.2, -0.15) is 15.0 Å². The maximum atomic E-state index is 11.8. The zero-order valence-electron chi connectivity index (χ0n) is 10.9. The normalized spacial score (nSPS) is 10.3. The van der Waals surface area contributed by atoms with Gasteiger partial charge >= 0.3 is 5.97 Å². The van der Waals surface area contributed by atoms with Crippen LogP contribution in [0.5, 0.6) is 0 Å². The SMILES string of the molecule is Cn1cc([N+](=O)[O-])cc1C(=O)OCc1nc(N)nc(N)n1. The molecular formula is C10H11N7O4. The minimum Gasteiger partial charge on any atom is -0.453 e. The summed E-state index contributed by atoms with van der Waals surface area (Å²) >= 11 is 0. The maximum absolute atomic E-state index is 11.8. The summed E-state index contributed by atoms with van der Waals surface area (Å²) in [5, 5.41) is 10.6. The van der Waals surface area contributed by atoms with E-state index in [1.54, 1.807) is 0 Å². The molecule has 0 spiro atoms. The van der Waals surface area contributed by atoms with Gasteiger partial charge in [-0.25, -0.2) is 4.79 Å². The molecule has 0 radical (unpaired) electrons. The Morgan fingerprint density at radius 2 is 2.00 bits per heavy atom. The number of nitro groups is 1. The van der Waals surface area contributed by atoms with Crippen LogP contribution in [0.4, 0.5) is 17.6 Å². The fourth-order valence-electron chi connectivity index (χ4n) is 1.58. The van der Waals surface area contributed by atoms with Crippen LogP contribution in [-0.2, 0) is 18.4 Å². The second kappa shape index (κ2) is 5.40. The number of aryl methyl sites for hydroxylation is 1. The third kappa shape index (κ3) is 3.20. The van der Waals surface area contributed by atoms with E-state index in [1.165, 1.54) is 17.8 Å². The highest BCUT2D eigenvalue weighted by molar-refractivity contribution is 5.88. The Bertz CT molecular complexity index is 691. The molecule has 0 atom stereocenters. The first-order valence-electron chi connectivity index (χ1n) is 5.60. The Hall–Kier alpha value is -3.24. The van der Waals surface area contributed by atoms with E-state index >= 15 is 0 Å². The van der Waals surface area contributed by atoms with Gasteiger partial charge in [0, 0.05) is 13.1 Å². The second-order valence-corrected chi connectivity index (χ2v) is 4.00. The molecule has 2 heterocycles. The number of anilines is 2. The van der Waals surface area contributed by atoms with E-state index in [0.717, 1.165) is 6.07 Å². The Balaban J connectivity index is 2.09. The zero-order valence-corrected chi connectivity index (χ0v) is 10.9. The van der Waals surface area contributed by atoms with Crippen LogP contribution in [0.2, 0.25) is 0 Å². The summed E-state index contributed by atoms with van der Waals surface area (Å²) < 4.78 is 6.24. The van der Waals surface area contributed by atoms with Crippen molar-refractivity contribution in [1.82, 2.24) is 19.5 Å². The number of aromatic nitrogens is 4. The first kappa shape index (κ1) is 14.2. The molecule has 110 valence electrons. The molecule has 2 aromatic heterocycles. The van der Waals surface area contributed by atoms with Gasteiger partial charge in [-0.15, -0.1) is 0 Å². The van der Waals surface area contributed by atoms with Gasteiger partial charge in [0.25, 0.3) is 5.69 Å². The number of rotatable bonds is 4. The van der Waals surface area contributed by atoms with Gasteiger partial charge in [0.05, 0.1) is 11.1 Å². The molecule has 0 aliphatic heterocycles. The standard InChI is InChI=1S/C10H11N7O4/c1-16-3-5(17(19)20)2-6(16)8(18)21-4-7-13-9(11)15-10(12)14-7/h2-3H,4H2,1H3,(H4,11,12,13,14,15). The molecule has 0 saturated heterocycles. The molecule has 21 heavy (non-hydrogen) atoms. The minimum atomic E-state index is -0.761. The molecule has 4 N–H and O–H groups in total. The molecule has 0 bridgehead atoms. The van der Waals surface area contributed by atoms with Crippen LogP contribution in [0.25, 0.3) is 0 Å². The summed E-state index contributed by atoms with van der Waals surface area (Å²) in [5.74, 6) is -0.869. The molecule has 2 rings (SSSR count). The average molecular weight is 293 g/mol. The lowest BCUT2D eigenvalue weighted by Crippen LogP contribution is -2.13. The fraction of sp³-hybridized carbons (Fsp3) is 0.200. The molecule has 0 aliphatic carbocycles. The summed E-state index contributed by atoms with van der Waals surface area (Å²) in [6.45, 7) is -0.283. The van der Waals surface area contributed by atoms with Gasteiger partial charge in [-0.05, 0) is 0 Å². The maximum Gasteiger partial charge on any atom is 0.355 e. The number of carbonyl (C=O) groups excluding carboxylic acids is 1. The van der Waals surface area contributed by atoms with Crippen LogP contribution in [0, 0.1) is 10.1 Å².